The van der Waals surface area contributed by atoms with E-state index in [0.717, 1.165) is 19.4 Å². The highest BCUT2D eigenvalue weighted by molar-refractivity contribution is 5.78. The van der Waals surface area contributed by atoms with Crippen LogP contribution in [0.4, 0.5) is 8.78 Å². The molecule has 0 radical (unpaired) electrons. The summed E-state index contributed by atoms with van der Waals surface area (Å²) in [6, 6.07) is 0. The minimum absolute atomic E-state index is 0.0287. The molecule has 0 aromatic rings. The molecule has 1 unspecified atom stereocenters. The van der Waals surface area contributed by atoms with Gasteiger partial charge in [-0.2, -0.15) is 0 Å². The molecule has 3 fully saturated rings. The van der Waals surface area contributed by atoms with Gasteiger partial charge in [-0.25, -0.2) is 8.78 Å². The van der Waals surface area contributed by atoms with Gasteiger partial charge in [0.25, 0.3) is 5.92 Å². The number of piperidine rings is 1. The van der Waals surface area contributed by atoms with Crippen molar-refractivity contribution in [3.63, 3.8) is 0 Å². The summed E-state index contributed by atoms with van der Waals surface area (Å²) in [5.41, 5.74) is -0.738. The summed E-state index contributed by atoms with van der Waals surface area (Å²) in [5, 5.41) is 2.87. The van der Waals surface area contributed by atoms with Crippen molar-refractivity contribution in [2.45, 2.75) is 44.1 Å². The van der Waals surface area contributed by atoms with E-state index in [-0.39, 0.29) is 18.4 Å². The molecule has 3 rings (SSSR count). The minimum Gasteiger partial charge on any atom is -0.376 e. The van der Waals surface area contributed by atoms with E-state index in [1.165, 1.54) is 0 Å². The molecule has 3 aliphatic rings. The van der Waals surface area contributed by atoms with Crippen molar-refractivity contribution in [3.8, 4) is 0 Å². The largest absolute Gasteiger partial charge is 0.376 e. The molecular formula is C14H22F2N2O2. The summed E-state index contributed by atoms with van der Waals surface area (Å²) in [4.78, 5) is 13.8. The quantitative estimate of drug-likeness (QED) is 0.850. The van der Waals surface area contributed by atoms with Crippen molar-refractivity contribution in [2.24, 2.45) is 5.41 Å². The molecule has 1 saturated carbocycles. The van der Waals surface area contributed by atoms with Crippen LogP contribution in [-0.4, -0.2) is 55.6 Å². The second-order valence-corrected chi connectivity index (χ2v) is 6.38. The van der Waals surface area contributed by atoms with Gasteiger partial charge in [0, 0.05) is 25.0 Å². The Morgan fingerprint density at radius 2 is 2.05 bits per heavy atom. The summed E-state index contributed by atoms with van der Waals surface area (Å²) in [5.74, 6) is -2.49. The number of carbonyl (C=O) groups is 1. The van der Waals surface area contributed by atoms with Gasteiger partial charge in [-0.3, -0.25) is 9.69 Å². The molecule has 0 aromatic carbocycles. The molecule has 114 valence electrons. The van der Waals surface area contributed by atoms with Gasteiger partial charge in [0.15, 0.2) is 0 Å². The third kappa shape index (κ3) is 2.81. The van der Waals surface area contributed by atoms with Crippen molar-refractivity contribution < 1.29 is 18.3 Å². The first-order chi connectivity index (χ1) is 9.51. The Hall–Kier alpha value is -0.750. The molecule has 20 heavy (non-hydrogen) atoms. The fourth-order valence-electron chi connectivity index (χ4n) is 3.35. The van der Waals surface area contributed by atoms with Crippen LogP contribution >= 0.6 is 0 Å². The minimum atomic E-state index is -2.46. The lowest BCUT2D eigenvalue weighted by molar-refractivity contribution is -0.123. The highest BCUT2D eigenvalue weighted by atomic mass is 19.3. The first kappa shape index (κ1) is 14.2. The smallest absolute Gasteiger partial charge is 0.254 e. The second-order valence-electron chi connectivity index (χ2n) is 6.38. The molecule has 2 heterocycles. The molecule has 1 aliphatic carbocycles. The number of hydrogen-bond donors (Lipinski definition) is 1. The summed E-state index contributed by atoms with van der Waals surface area (Å²) in [6.45, 7) is 2.86. The normalized spacial score (nSPS) is 31.4. The SMILES string of the molecule is O=C(CN1CCC2(CC1)CC2(F)F)NCC1CCCO1. The number of ether oxygens (including phenoxy) is 1. The van der Waals surface area contributed by atoms with Gasteiger partial charge < -0.3 is 10.1 Å². The van der Waals surface area contributed by atoms with Gasteiger partial charge in [0.2, 0.25) is 5.91 Å². The highest BCUT2D eigenvalue weighted by Gasteiger charge is 2.70. The number of nitrogens with zero attached hydrogens (tertiary/aromatic N) is 1. The first-order valence-corrected chi connectivity index (χ1v) is 7.49. The van der Waals surface area contributed by atoms with Gasteiger partial charge >= 0.3 is 0 Å². The Kier molecular flexibility index (Phi) is 3.71. The highest BCUT2D eigenvalue weighted by Crippen LogP contribution is 2.65. The monoisotopic (exact) mass is 288 g/mol. The lowest BCUT2D eigenvalue weighted by atomic mass is 9.93. The Balaban J connectivity index is 1.35. The molecule has 6 heteroatoms. The van der Waals surface area contributed by atoms with E-state index in [0.29, 0.717) is 39.0 Å². The van der Waals surface area contributed by atoms with E-state index in [2.05, 4.69) is 5.32 Å². The number of nitrogens with one attached hydrogen (secondary N) is 1. The standard InChI is InChI=1S/C14H22F2N2O2/c15-14(16)10-13(14)3-5-18(6-4-13)9-12(19)17-8-11-2-1-7-20-11/h11H,1-10H2,(H,17,19). The number of rotatable bonds is 4. The van der Waals surface area contributed by atoms with E-state index in [1.54, 1.807) is 0 Å². The average Bonchev–Trinajstić information content (AvgIpc) is 2.82. The summed E-state index contributed by atoms with van der Waals surface area (Å²) in [7, 11) is 0. The van der Waals surface area contributed by atoms with Crippen LogP contribution < -0.4 is 5.32 Å². The van der Waals surface area contributed by atoms with Gasteiger partial charge in [0.1, 0.15) is 0 Å². The molecule has 1 spiro atoms. The van der Waals surface area contributed by atoms with Gasteiger partial charge in [-0.05, 0) is 38.8 Å². The van der Waals surface area contributed by atoms with E-state index in [1.807, 2.05) is 4.90 Å². The van der Waals surface area contributed by atoms with Crippen molar-refractivity contribution >= 4 is 5.91 Å². The summed E-state index contributed by atoms with van der Waals surface area (Å²) < 4.78 is 31.9. The maximum Gasteiger partial charge on any atom is 0.254 e. The fourth-order valence-corrected chi connectivity index (χ4v) is 3.35. The number of halogens is 2. The average molecular weight is 288 g/mol. The summed E-state index contributed by atoms with van der Waals surface area (Å²) >= 11 is 0. The van der Waals surface area contributed by atoms with Crippen molar-refractivity contribution in [2.75, 3.05) is 32.8 Å². The van der Waals surface area contributed by atoms with Crippen LogP contribution in [0.2, 0.25) is 0 Å². The first-order valence-electron chi connectivity index (χ1n) is 7.49. The van der Waals surface area contributed by atoms with Crippen LogP contribution in [0, 0.1) is 5.41 Å². The Morgan fingerprint density at radius 1 is 1.35 bits per heavy atom. The number of amides is 1. The molecule has 2 aliphatic heterocycles. The zero-order valence-corrected chi connectivity index (χ0v) is 11.7. The molecular weight excluding hydrogens is 266 g/mol. The van der Waals surface area contributed by atoms with Crippen LogP contribution in [0.3, 0.4) is 0 Å². The second kappa shape index (κ2) is 5.22. The number of hydrogen-bond acceptors (Lipinski definition) is 3. The Morgan fingerprint density at radius 3 is 2.60 bits per heavy atom. The van der Waals surface area contributed by atoms with E-state index >= 15 is 0 Å². The molecule has 1 N–H and O–H groups in total. The number of carbonyl (C=O) groups excluding carboxylic acids is 1. The van der Waals surface area contributed by atoms with E-state index in [9.17, 15) is 13.6 Å². The van der Waals surface area contributed by atoms with Crippen molar-refractivity contribution in [3.05, 3.63) is 0 Å². The molecule has 1 amide bonds. The fraction of sp³-hybridized carbons (Fsp3) is 0.929. The molecule has 0 bridgehead atoms. The molecule has 2 saturated heterocycles. The maximum absolute atomic E-state index is 13.2. The predicted molar refractivity (Wildman–Crippen MR) is 69.7 cm³/mol. The Labute approximate surface area is 117 Å². The number of likely N-dealkylation sites (tertiary alicyclic amines) is 1. The van der Waals surface area contributed by atoms with Crippen LogP contribution in [0.5, 0.6) is 0 Å². The van der Waals surface area contributed by atoms with Crippen molar-refractivity contribution in [1.82, 2.24) is 10.2 Å². The zero-order chi connectivity index (χ0) is 14.2. The van der Waals surface area contributed by atoms with E-state index in [4.69, 9.17) is 4.74 Å². The summed E-state index contributed by atoms with van der Waals surface area (Å²) in [6.07, 6.45) is 3.27. The maximum atomic E-state index is 13.2. The topological polar surface area (TPSA) is 41.6 Å². The lowest BCUT2D eigenvalue weighted by Gasteiger charge is -2.31. The van der Waals surface area contributed by atoms with Crippen LogP contribution in [0.25, 0.3) is 0 Å². The lowest BCUT2D eigenvalue weighted by Crippen LogP contribution is -2.44. The predicted octanol–water partition coefficient (Wildman–Crippen LogP) is 1.40. The van der Waals surface area contributed by atoms with Crippen molar-refractivity contribution in [1.29, 1.82) is 0 Å². The van der Waals surface area contributed by atoms with Crippen LogP contribution in [-0.2, 0) is 9.53 Å². The van der Waals surface area contributed by atoms with Gasteiger partial charge in [0.05, 0.1) is 12.6 Å². The third-order valence-corrected chi connectivity index (χ3v) is 4.94. The third-order valence-electron chi connectivity index (χ3n) is 4.94. The Bertz CT molecular complexity index is 375. The van der Waals surface area contributed by atoms with Crippen LogP contribution in [0.1, 0.15) is 32.1 Å². The molecule has 0 aromatic heterocycles. The molecule has 1 atom stereocenters. The molecule has 4 nitrogen and oxygen atoms in total. The van der Waals surface area contributed by atoms with Crippen LogP contribution in [0.15, 0.2) is 0 Å². The van der Waals surface area contributed by atoms with E-state index < -0.39 is 11.3 Å². The number of alkyl halides is 2. The van der Waals surface area contributed by atoms with Gasteiger partial charge in [-0.1, -0.05) is 0 Å². The zero-order valence-electron chi connectivity index (χ0n) is 11.7. The van der Waals surface area contributed by atoms with Gasteiger partial charge in [-0.15, -0.1) is 0 Å².